The Morgan fingerprint density at radius 3 is 2.96 bits per heavy atom. The Labute approximate surface area is 142 Å². The number of rotatable bonds is 4. The first kappa shape index (κ1) is 16.7. The van der Waals surface area contributed by atoms with Gasteiger partial charge in [0.1, 0.15) is 0 Å². The predicted molar refractivity (Wildman–Crippen MR) is 94.1 cm³/mol. The van der Waals surface area contributed by atoms with E-state index >= 15 is 0 Å². The van der Waals surface area contributed by atoms with Crippen molar-refractivity contribution in [3.05, 3.63) is 48.0 Å². The molecule has 0 saturated carbocycles. The molecule has 1 aliphatic heterocycles. The van der Waals surface area contributed by atoms with Gasteiger partial charge in [0.15, 0.2) is 0 Å². The molecule has 1 aliphatic rings. The van der Waals surface area contributed by atoms with Crippen LogP contribution in [0.25, 0.3) is 10.8 Å². The van der Waals surface area contributed by atoms with Crippen LogP contribution in [0.15, 0.2) is 42.5 Å². The van der Waals surface area contributed by atoms with Gasteiger partial charge in [0.25, 0.3) is 0 Å². The molecule has 1 saturated heterocycles. The van der Waals surface area contributed by atoms with Gasteiger partial charge in [-0.1, -0.05) is 42.5 Å². The summed E-state index contributed by atoms with van der Waals surface area (Å²) in [5.74, 6) is 0. The Morgan fingerprint density at radius 1 is 1.33 bits per heavy atom. The minimum atomic E-state index is -0.0627. The molecule has 0 aliphatic carbocycles. The zero-order chi connectivity index (χ0) is 16.9. The van der Waals surface area contributed by atoms with Crippen LogP contribution in [0.3, 0.4) is 0 Å². The number of carbonyl (C=O) groups is 1. The Hall–Kier alpha value is -2.11. The SMILES string of the molecule is COC[C@H]1CN(C(=O)N[C@H](C)c2cccc3ccccc23)CCO1. The molecule has 128 valence electrons. The molecule has 3 rings (SSSR count). The number of ether oxygens (including phenoxy) is 2. The third-order valence-corrected chi connectivity index (χ3v) is 4.41. The standard InChI is InChI=1S/C19H24N2O3/c1-14(17-9-5-7-15-6-3-4-8-18(15)17)20-19(22)21-10-11-24-16(12-21)13-23-2/h3-9,14,16H,10-13H2,1-2H3,(H,20,22)/t14-,16-/m1/s1. The second-order valence-corrected chi connectivity index (χ2v) is 6.13. The predicted octanol–water partition coefficient (Wildman–Crippen LogP) is 2.96. The number of nitrogens with zero attached hydrogens (tertiary/aromatic N) is 1. The third kappa shape index (κ3) is 3.68. The summed E-state index contributed by atoms with van der Waals surface area (Å²) in [5.41, 5.74) is 1.13. The van der Waals surface area contributed by atoms with Gasteiger partial charge in [-0.3, -0.25) is 0 Å². The molecule has 5 heteroatoms. The molecule has 2 aromatic rings. The first-order chi connectivity index (χ1) is 11.7. The number of benzene rings is 2. The highest BCUT2D eigenvalue weighted by Crippen LogP contribution is 2.24. The van der Waals surface area contributed by atoms with E-state index < -0.39 is 0 Å². The van der Waals surface area contributed by atoms with Gasteiger partial charge in [0.05, 0.1) is 31.9 Å². The number of carbonyl (C=O) groups excluding carboxylic acids is 1. The molecule has 2 atom stereocenters. The maximum atomic E-state index is 12.6. The fourth-order valence-corrected chi connectivity index (χ4v) is 3.17. The summed E-state index contributed by atoms with van der Waals surface area (Å²) < 4.78 is 10.7. The van der Waals surface area contributed by atoms with Crippen molar-refractivity contribution in [2.45, 2.75) is 19.1 Å². The van der Waals surface area contributed by atoms with E-state index in [1.807, 2.05) is 25.1 Å². The largest absolute Gasteiger partial charge is 0.382 e. The monoisotopic (exact) mass is 328 g/mol. The van der Waals surface area contributed by atoms with Crippen molar-refractivity contribution in [2.75, 3.05) is 33.4 Å². The molecule has 24 heavy (non-hydrogen) atoms. The molecule has 0 unspecified atom stereocenters. The van der Waals surface area contributed by atoms with Gasteiger partial charge in [0.2, 0.25) is 0 Å². The molecule has 1 heterocycles. The van der Waals surface area contributed by atoms with Gasteiger partial charge < -0.3 is 19.7 Å². The Bertz CT molecular complexity index is 697. The van der Waals surface area contributed by atoms with Crippen LogP contribution < -0.4 is 5.32 Å². The van der Waals surface area contributed by atoms with Gasteiger partial charge in [-0.25, -0.2) is 4.79 Å². The molecule has 0 radical (unpaired) electrons. The number of nitrogens with one attached hydrogen (secondary N) is 1. The number of methoxy groups -OCH3 is 1. The van der Waals surface area contributed by atoms with Crippen molar-refractivity contribution < 1.29 is 14.3 Å². The first-order valence-electron chi connectivity index (χ1n) is 8.32. The molecule has 0 bridgehead atoms. The zero-order valence-electron chi connectivity index (χ0n) is 14.2. The minimum Gasteiger partial charge on any atom is -0.382 e. The highest BCUT2D eigenvalue weighted by Gasteiger charge is 2.25. The summed E-state index contributed by atoms with van der Waals surface area (Å²) in [4.78, 5) is 14.4. The summed E-state index contributed by atoms with van der Waals surface area (Å²) in [6, 6.07) is 14.3. The van der Waals surface area contributed by atoms with Crippen molar-refractivity contribution in [3.63, 3.8) is 0 Å². The van der Waals surface area contributed by atoms with Gasteiger partial charge in [-0.2, -0.15) is 0 Å². The highest BCUT2D eigenvalue weighted by atomic mass is 16.5. The molecule has 2 amide bonds. The van der Waals surface area contributed by atoms with Crippen LogP contribution in [0.5, 0.6) is 0 Å². The number of hydrogen-bond acceptors (Lipinski definition) is 3. The fraction of sp³-hybridized carbons (Fsp3) is 0.421. The summed E-state index contributed by atoms with van der Waals surface area (Å²) in [7, 11) is 1.64. The van der Waals surface area contributed by atoms with Crippen LogP contribution in [0.4, 0.5) is 4.79 Å². The Kier molecular flexibility index (Phi) is 5.33. The molecular formula is C19H24N2O3. The molecule has 5 nitrogen and oxygen atoms in total. The van der Waals surface area contributed by atoms with E-state index in [4.69, 9.17) is 9.47 Å². The van der Waals surface area contributed by atoms with E-state index in [0.29, 0.717) is 26.3 Å². The molecule has 0 spiro atoms. The van der Waals surface area contributed by atoms with Crippen LogP contribution >= 0.6 is 0 Å². The van der Waals surface area contributed by atoms with Crippen LogP contribution in [-0.4, -0.2) is 50.4 Å². The van der Waals surface area contributed by atoms with E-state index in [1.54, 1.807) is 12.0 Å². The molecule has 2 aromatic carbocycles. The number of amides is 2. The zero-order valence-corrected chi connectivity index (χ0v) is 14.2. The average Bonchev–Trinajstić information content (AvgIpc) is 2.61. The smallest absolute Gasteiger partial charge is 0.318 e. The lowest BCUT2D eigenvalue weighted by Crippen LogP contribution is -2.51. The summed E-state index contributed by atoms with van der Waals surface area (Å²) >= 11 is 0. The Morgan fingerprint density at radius 2 is 2.12 bits per heavy atom. The van der Waals surface area contributed by atoms with Crippen LogP contribution in [0.2, 0.25) is 0 Å². The maximum Gasteiger partial charge on any atom is 0.318 e. The van der Waals surface area contributed by atoms with Crippen molar-refractivity contribution >= 4 is 16.8 Å². The quantitative estimate of drug-likeness (QED) is 0.939. The summed E-state index contributed by atoms with van der Waals surface area (Å²) in [5, 5.41) is 5.47. The van der Waals surface area contributed by atoms with E-state index in [-0.39, 0.29) is 18.2 Å². The first-order valence-corrected chi connectivity index (χ1v) is 8.32. The van der Waals surface area contributed by atoms with Crippen LogP contribution in [-0.2, 0) is 9.47 Å². The van der Waals surface area contributed by atoms with Crippen LogP contribution in [0, 0.1) is 0 Å². The Balaban J connectivity index is 1.69. The lowest BCUT2D eigenvalue weighted by Gasteiger charge is -2.33. The molecule has 1 N–H and O–H groups in total. The van der Waals surface area contributed by atoms with Crippen molar-refractivity contribution in [2.24, 2.45) is 0 Å². The van der Waals surface area contributed by atoms with Gasteiger partial charge in [-0.05, 0) is 23.3 Å². The summed E-state index contributed by atoms with van der Waals surface area (Å²) in [6.45, 7) is 4.23. The topological polar surface area (TPSA) is 50.8 Å². The molecule has 0 aromatic heterocycles. The fourth-order valence-electron chi connectivity index (χ4n) is 3.17. The maximum absolute atomic E-state index is 12.6. The molecular weight excluding hydrogens is 304 g/mol. The summed E-state index contributed by atoms with van der Waals surface area (Å²) in [6.07, 6.45) is -0.0534. The highest BCUT2D eigenvalue weighted by molar-refractivity contribution is 5.86. The van der Waals surface area contributed by atoms with Gasteiger partial charge >= 0.3 is 6.03 Å². The van der Waals surface area contributed by atoms with E-state index in [0.717, 1.165) is 5.56 Å². The molecule has 1 fully saturated rings. The van der Waals surface area contributed by atoms with Gasteiger partial charge in [0, 0.05) is 13.7 Å². The van der Waals surface area contributed by atoms with Crippen LogP contribution in [0.1, 0.15) is 18.5 Å². The second-order valence-electron chi connectivity index (χ2n) is 6.13. The van der Waals surface area contributed by atoms with Crippen molar-refractivity contribution in [3.8, 4) is 0 Å². The number of fused-ring (bicyclic) bond motifs is 1. The normalized spacial score (nSPS) is 19.2. The minimum absolute atomic E-state index is 0.0534. The number of morpholine rings is 1. The second kappa shape index (κ2) is 7.64. The number of hydrogen-bond donors (Lipinski definition) is 1. The lowest BCUT2D eigenvalue weighted by molar-refractivity contribution is -0.0496. The van der Waals surface area contributed by atoms with E-state index in [2.05, 4.69) is 29.6 Å². The average molecular weight is 328 g/mol. The van der Waals surface area contributed by atoms with Gasteiger partial charge in [-0.15, -0.1) is 0 Å². The van der Waals surface area contributed by atoms with Crippen molar-refractivity contribution in [1.82, 2.24) is 10.2 Å². The number of urea groups is 1. The third-order valence-electron chi connectivity index (χ3n) is 4.41. The van der Waals surface area contributed by atoms with Crippen molar-refractivity contribution in [1.29, 1.82) is 0 Å². The van der Waals surface area contributed by atoms with E-state index in [9.17, 15) is 4.79 Å². The van der Waals surface area contributed by atoms with E-state index in [1.165, 1.54) is 10.8 Å². The lowest BCUT2D eigenvalue weighted by atomic mass is 10.00.